The number of carbonyl (C=O) groups is 1. The molecule has 1 fully saturated rings. The van der Waals surface area contributed by atoms with Gasteiger partial charge >= 0.3 is 0 Å². The topological polar surface area (TPSA) is 41.5 Å². The first-order valence-electron chi connectivity index (χ1n) is 6.66. The van der Waals surface area contributed by atoms with E-state index in [0.29, 0.717) is 5.92 Å². The van der Waals surface area contributed by atoms with Crippen molar-refractivity contribution in [3.8, 4) is 0 Å². The van der Waals surface area contributed by atoms with Crippen LogP contribution in [0.1, 0.15) is 44.6 Å². The molecule has 2 atom stereocenters. The van der Waals surface area contributed by atoms with Crippen LogP contribution in [0, 0.1) is 5.92 Å². The minimum absolute atomic E-state index is 0.0586. The van der Waals surface area contributed by atoms with Crippen molar-refractivity contribution in [3.05, 3.63) is 35.9 Å². The Balaban J connectivity index is 1.88. The molecule has 1 aromatic rings. The third-order valence-corrected chi connectivity index (χ3v) is 3.50. The summed E-state index contributed by atoms with van der Waals surface area (Å²) in [5.74, 6) is 0.544. The van der Waals surface area contributed by atoms with Gasteiger partial charge in [-0.15, -0.1) is 0 Å². The summed E-state index contributed by atoms with van der Waals surface area (Å²) < 4.78 is 0. The average molecular weight is 244 g/mol. The van der Waals surface area contributed by atoms with Gasteiger partial charge in [-0.25, -0.2) is 5.43 Å². The highest BCUT2D eigenvalue weighted by Crippen LogP contribution is 2.47. The molecule has 2 rings (SSSR count). The second-order valence-corrected chi connectivity index (χ2v) is 4.72. The van der Waals surface area contributed by atoms with Crippen LogP contribution in [-0.2, 0) is 4.79 Å². The summed E-state index contributed by atoms with van der Waals surface area (Å²) in [6, 6.07) is 10.2. The second-order valence-electron chi connectivity index (χ2n) is 4.72. The fraction of sp³-hybridized carbons (Fsp3) is 0.467. The molecule has 0 aliphatic heterocycles. The second kappa shape index (κ2) is 5.80. The summed E-state index contributed by atoms with van der Waals surface area (Å²) in [5.41, 5.74) is 4.99. The standard InChI is InChI=1S/C15H20N2O/c1-3-12(4-2)16-17-15(18)14-10-13(14)11-8-6-5-7-9-11/h5-9,13-14H,3-4,10H2,1-2H3,(H,17,18)/t13-,14+/m0/s1. The smallest absolute Gasteiger partial charge is 0.243 e. The van der Waals surface area contributed by atoms with E-state index in [9.17, 15) is 4.79 Å². The molecule has 1 aliphatic carbocycles. The first-order valence-corrected chi connectivity index (χ1v) is 6.66. The maximum absolute atomic E-state index is 11.9. The van der Waals surface area contributed by atoms with Gasteiger partial charge in [-0.05, 0) is 30.7 Å². The summed E-state index contributed by atoms with van der Waals surface area (Å²) in [6.45, 7) is 4.11. The average Bonchev–Trinajstić information content (AvgIpc) is 3.21. The molecule has 1 saturated carbocycles. The lowest BCUT2D eigenvalue weighted by Crippen LogP contribution is -2.21. The number of benzene rings is 1. The zero-order valence-corrected chi connectivity index (χ0v) is 11.0. The van der Waals surface area contributed by atoms with Gasteiger partial charge in [0.15, 0.2) is 0 Å². The molecular weight excluding hydrogens is 224 g/mol. The third-order valence-electron chi connectivity index (χ3n) is 3.50. The Hall–Kier alpha value is -1.64. The molecule has 1 N–H and O–H groups in total. The summed E-state index contributed by atoms with van der Waals surface area (Å²) >= 11 is 0. The highest BCUT2D eigenvalue weighted by molar-refractivity contribution is 5.87. The zero-order chi connectivity index (χ0) is 13.0. The molecule has 0 spiro atoms. The normalized spacial score (nSPS) is 21.2. The lowest BCUT2D eigenvalue weighted by atomic mass is 10.1. The number of carbonyl (C=O) groups excluding carboxylic acids is 1. The van der Waals surface area contributed by atoms with Gasteiger partial charge in [-0.1, -0.05) is 44.2 Å². The van der Waals surface area contributed by atoms with Crippen molar-refractivity contribution < 1.29 is 4.79 Å². The SMILES string of the molecule is CCC(CC)=NNC(=O)[C@@H]1C[C@H]1c1ccccc1. The van der Waals surface area contributed by atoms with Crippen LogP contribution in [0.5, 0.6) is 0 Å². The number of nitrogens with one attached hydrogen (secondary N) is 1. The molecule has 0 heterocycles. The van der Waals surface area contributed by atoms with Crippen molar-refractivity contribution in [2.24, 2.45) is 11.0 Å². The first-order chi connectivity index (χ1) is 8.76. The molecule has 1 aromatic carbocycles. The summed E-state index contributed by atoms with van der Waals surface area (Å²) in [4.78, 5) is 11.9. The van der Waals surface area contributed by atoms with Crippen LogP contribution in [0.3, 0.4) is 0 Å². The van der Waals surface area contributed by atoms with Crippen molar-refractivity contribution in [1.82, 2.24) is 5.43 Å². The quantitative estimate of drug-likeness (QED) is 0.627. The number of hydrogen-bond acceptors (Lipinski definition) is 2. The van der Waals surface area contributed by atoms with E-state index in [0.717, 1.165) is 25.0 Å². The summed E-state index contributed by atoms with van der Waals surface area (Å²) in [6.07, 6.45) is 2.73. The van der Waals surface area contributed by atoms with E-state index in [4.69, 9.17) is 0 Å². The highest BCUT2D eigenvalue weighted by atomic mass is 16.2. The number of nitrogens with zero attached hydrogens (tertiary/aromatic N) is 1. The van der Waals surface area contributed by atoms with Crippen LogP contribution < -0.4 is 5.43 Å². The Bertz CT molecular complexity index is 433. The van der Waals surface area contributed by atoms with Crippen molar-refractivity contribution in [2.45, 2.75) is 39.0 Å². The number of hydrogen-bond donors (Lipinski definition) is 1. The molecule has 0 unspecified atom stereocenters. The van der Waals surface area contributed by atoms with E-state index < -0.39 is 0 Å². The Morgan fingerprint density at radius 1 is 1.28 bits per heavy atom. The van der Waals surface area contributed by atoms with E-state index in [2.05, 4.69) is 36.5 Å². The summed E-state index contributed by atoms with van der Waals surface area (Å²) in [5, 5.41) is 4.17. The molecule has 3 heteroatoms. The first kappa shape index (κ1) is 12.8. The van der Waals surface area contributed by atoms with Crippen LogP contribution in [0.15, 0.2) is 35.4 Å². The molecule has 18 heavy (non-hydrogen) atoms. The molecule has 0 radical (unpaired) electrons. The predicted octanol–water partition coefficient (Wildman–Crippen LogP) is 3.08. The van der Waals surface area contributed by atoms with E-state index in [1.54, 1.807) is 0 Å². The van der Waals surface area contributed by atoms with Crippen LogP contribution in [-0.4, -0.2) is 11.6 Å². The Labute approximate surface area is 108 Å². The van der Waals surface area contributed by atoms with Crippen LogP contribution in [0.2, 0.25) is 0 Å². The maximum Gasteiger partial charge on any atom is 0.243 e. The monoisotopic (exact) mass is 244 g/mol. The number of amides is 1. The molecule has 96 valence electrons. The molecule has 1 aliphatic rings. The van der Waals surface area contributed by atoms with Gasteiger partial charge in [-0.3, -0.25) is 4.79 Å². The Kier molecular flexibility index (Phi) is 4.13. The molecule has 0 aromatic heterocycles. The van der Waals surface area contributed by atoms with Gasteiger partial charge in [0.05, 0.1) is 0 Å². The van der Waals surface area contributed by atoms with Crippen LogP contribution in [0.25, 0.3) is 0 Å². The van der Waals surface area contributed by atoms with E-state index in [1.807, 2.05) is 18.2 Å². The van der Waals surface area contributed by atoms with Gasteiger partial charge < -0.3 is 0 Å². The lowest BCUT2D eigenvalue weighted by Gasteiger charge is -2.02. The van der Waals surface area contributed by atoms with E-state index >= 15 is 0 Å². The minimum Gasteiger partial charge on any atom is -0.273 e. The van der Waals surface area contributed by atoms with Crippen molar-refractivity contribution in [3.63, 3.8) is 0 Å². The Morgan fingerprint density at radius 3 is 2.56 bits per heavy atom. The molecular formula is C15H20N2O. The number of hydrazone groups is 1. The third kappa shape index (κ3) is 2.97. The van der Waals surface area contributed by atoms with Gasteiger partial charge in [0.25, 0.3) is 0 Å². The van der Waals surface area contributed by atoms with Crippen molar-refractivity contribution >= 4 is 11.6 Å². The van der Waals surface area contributed by atoms with Gasteiger partial charge in [0, 0.05) is 11.6 Å². The van der Waals surface area contributed by atoms with Crippen molar-refractivity contribution in [1.29, 1.82) is 0 Å². The number of rotatable bonds is 5. The van der Waals surface area contributed by atoms with E-state index in [-0.39, 0.29) is 11.8 Å². The van der Waals surface area contributed by atoms with Crippen molar-refractivity contribution in [2.75, 3.05) is 0 Å². The largest absolute Gasteiger partial charge is 0.273 e. The van der Waals surface area contributed by atoms with Gasteiger partial charge in [0.1, 0.15) is 0 Å². The fourth-order valence-corrected chi connectivity index (χ4v) is 2.18. The highest BCUT2D eigenvalue weighted by Gasteiger charge is 2.43. The zero-order valence-electron chi connectivity index (χ0n) is 11.0. The lowest BCUT2D eigenvalue weighted by molar-refractivity contribution is -0.122. The fourth-order valence-electron chi connectivity index (χ4n) is 2.18. The predicted molar refractivity (Wildman–Crippen MR) is 73.4 cm³/mol. The van der Waals surface area contributed by atoms with Crippen LogP contribution >= 0.6 is 0 Å². The minimum atomic E-state index is 0.0586. The molecule has 0 saturated heterocycles. The summed E-state index contributed by atoms with van der Waals surface area (Å²) in [7, 11) is 0. The maximum atomic E-state index is 11.9. The van der Waals surface area contributed by atoms with E-state index in [1.165, 1.54) is 5.56 Å². The van der Waals surface area contributed by atoms with Gasteiger partial charge in [0.2, 0.25) is 5.91 Å². The van der Waals surface area contributed by atoms with Crippen LogP contribution in [0.4, 0.5) is 0 Å². The molecule has 3 nitrogen and oxygen atoms in total. The molecule has 1 amide bonds. The van der Waals surface area contributed by atoms with Gasteiger partial charge in [-0.2, -0.15) is 5.10 Å². The Morgan fingerprint density at radius 2 is 1.94 bits per heavy atom. The molecule has 0 bridgehead atoms.